The molecular weight excluding hydrogens is 298 g/mol. The van der Waals surface area contributed by atoms with Gasteiger partial charge in [0.15, 0.2) is 5.96 Å². The van der Waals surface area contributed by atoms with Crippen LogP contribution in [0.15, 0.2) is 4.99 Å². The average Bonchev–Trinajstić information content (AvgIpc) is 2.61. The molecule has 2 rings (SSSR count). The van der Waals surface area contributed by atoms with Gasteiger partial charge in [-0.1, -0.05) is 13.8 Å². The molecule has 0 aromatic rings. The van der Waals surface area contributed by atoms with Crippen LogP contribution in [0.4, 0.5) is 0 Å². The Kier molecular flexibility index (Phi) is 8.89. The van der Waals surface area contributed by atoms with Gasteiger partial charge in [-0.05, 0) is 51.6 Å². The van der Waals surface area contributed by atoms with Crippen molar-refractivity contribution in [2.24, 2.45) is 10.9 Å². The fourth-order valence-electron chi connectivity index (χ4n) is 3.77. The van der Waals surface area contributed by atoms with Crippen LogP contribution in [0, 0.1) is 5.92 Å². The summed E-state index contributed by atoms with van der Waals surface area (Å²) in [6, 6.07) is 0. The smallest absolute Gasteiger partial charge is 0.193 e. The number of rotatable bonds is 7. The molecule has 2 saturated heterocycles. The van der Waals surface area contributed by atoms with Crippen molar-refractivity contribution in [3.63, 3.8) is 0 Å². The van der Waals surface area contributed by atoms with Gasteiger partial charge in [-0.3, -0.25) is 4.99 Å². The van der Waals surface area contributed by atoms with E-state index in [0.29, 0.717) is 0 Å². The Balaban J connectivity index is 1.65. The molecule has 5 nitrogen and oxygen atoms in total. The number of guanidine groups is 1. The topological polar surface area (TPSA) is 34.1 Å². The van der Waals surface area contributed by atoms with E-state index >= 15 is 0 Å². The van der Waals surface area contributed by atoms with Gasteiger partial charge in [0, 0.05) is 52.4 Å². The molecule has 24 heavy (non-hydrogen) atoms. The number of likely N-dealkylation sites (N-methyl/N-ethyl adjacent to an activating group) is 1. The maximum atomic E-state index is 4.88. The van der Waals surface area contributed by atoms with Gasteiger partial charge in [-0.15, -0.1) is 0 Å². The largest absolute Gasteiger partial charge is 0.357 e. The summed E-state index contributed by atoms with van der Waals surface area (Å²) in [5.74, 6) is 1.94. The maximum Gasteiger partial charge on any atom is 0.193 e. The minimum Gasteiger partial charge on any atom is -0.357 e. The summed E-state index contributed by atoms with van der Waals surface area (Å²) in [6.07, 6.45) is 5.13. The lowest BCUT2D eigenvalue weighted by atomic mass is 10.0. The number of unbranched alkanes of at least 4 members (excludes halogenated alkanes) is 1. The number of hydrogen-bond donors (Lipinski definition) is 1. The van der Waals surface area contributed by atoms with Crippen LogP contribution in [0.3, 0.4) is 0 Å². The molecule has 1 unspecified atom stereocenters. The lowest BCUT2D eigenvalue weighted by Gasteiger charge is -2.34. The molecule has 5 heteroatoms. The third-order valence-electron chi connectivity index (χ3n) is 5.35. The molecule has 1 atom stereocenters. The van der Waals surface area contributed by atoms with E-state index in [9.17, 15) is 0 Å². The van der Waals surface area contributed by atoms with Crippen molar-refractivity contribution in [2.75, 3.05) is 65.4 Å². The number of piperazine rings is 1. The molecule has 2 aliphatic rings. The highest BCUT2D eigenvalue weighted by atomic mass is 15.3. The fraction of sp³-hybridized carbons (Fsp3) is 0.947. The predicted molar refractivity (Wildman–Crippen MR) is 104 cm³/mol. The quantitative estimate of drug-likeness (QED) is 0.438. The van der Waals surface area contributed by atoms with E-state index in [-0.39, 0.29) is 0 Å². The molecule has 2 aliphatic heterocycles. The highest BCUT2D eigenvalue weighted by Gasteiger charge is 2.19. The molecule has 0 bridgehead atoms. The zero-order chi connectivity index (χ0) is 17.2. The van der Waals surface area contributed by atoms with Crippen molar-refractivity contribution in [1.82, 2.24) is 20.0 Å². The predicted octanol–water partition coefficient (Wildman–Crippen LogP) is 2.10. The summed E-state index contributed by atoms with van der Waals surface area (Å²) in [4.78, 5) is 12.5. The second-order valence-corrected chi connectivity index (χ2v) is 7.41. The Hall–Kier alpha value is -0.810. The van der Waals surface area contributed by atoms with E-state index in [4.69, 9.17) is 4.99 Å². The minimum absolute atomic E-state index is 0.796. The number of piperidine rings is 1. The Labute approximate surface area is 149 Å². The molecule has 0 saturated carbocycles. The molecule has 2 fully saturated rings. The fourth-order valence-corrected chi connectivity index (χ4v) is 3.77. The van der Waals surface area contributed by atoms with Gasteiger partial charge in [0.2, 0.25) is 0 Å². The summed E-state index contributed by atoms with van der Waals surface area (Å²) >= 11 is 0. The second kappa shape index (κ2) is 10.9. The average molecular weight is 338 g/mol. The standard InChI is InChI=1S/C19H39N5/c1-4-20-19(24-12-8-9-18(3)17-24)21-10-6-7-11-23-15-13-22(5-2)14-16-23/h18H,4-17H2,1-3H3,(H,20,21). The van der Waals surface area contributed by atoms with Crippen molar-refractivity contribution in [1.29, 1.82) is 0 Å². The van der Waals surface area contributed by atoms with Gasteiger partial charge in [0.05, 0.1) is 0 Å². The first kappa shape index (κ1) is 19.5. The first-order valence-corrected chi connectivity index (χ1v) is 10.2. The van der Waals surface area contributed by atoms with Gasteiger partial charge in [-0.25, -0.2) is 0 Å². The zero-order valence-electron chi connectivity index (χ0n) is 16.3. The first-order valence-electron chi connectivity index (χ1n) is 10.2. The summed E-state index contributed by atoms with van der Waals surface area (Å²) < 4.78 is 0. The molecule has 0 aromatic heterocycles. The van der Waals surface area contributed by atoms with Crippen LogP contribution >= 0.6 is 0 Å². The lowest BCUT2D eigenvalue weighted by Crippen LogP contribution is -2.46. The van der Waals surface area contributed by atoms with Crippen LogP contribution in [0.25, 0.3) is 0 Å². The van der Waals surface area contributed by atoms with Crippen molar-refractivity contribution in [2.45, 2.75) is 46.5 Å². The molecule has 140 valence electrons. The molecule has 0 aliphatic carbocycles. The van der Waals surface area contributed by atoms with Crippen LogP contribution in [0.1, 0.15) is 46.5 Å². The Morgan fingerprint density at radius 1 is 1.04 bits per heavy atom. The van der Waals surface area contributed by atoms with Crippen LogP contribution < -0.4 is 5.32 Å². The van der Waals surface area contributed by atoms with E-state index in [1.165, 1.54) is 65.0 Å². The lowest BCUT2D eigenvalue weighted by molar-refractivity contribution is 0.136. The van der Waals surface area contributed by atoms with E-state index < -0.39 is 0 Å². The highest BCUT2D eigenvalue weighted by molar-refractivity contribution is 5.80. The van der Waals surface area contributed by atoms with E-state index in [1.807, 2.05) is 0 Å². The van der Waals surface area contributed by atoms with Crippen molar-refractivity contribution in [3.05, 3.63) is 0 Å². The molecular formula is C19H39N5. The van der Waals surface area contributed by atoms with E-state index in [0.717, 1.165) is 38.1 Å². The number of nitrogens with one attached hydrogen (secondary N) is 1. The van der Waals surface area contributed by atoms with E-state index in [2.05, 4.69) is 40.8 Å². The van der Waals surface area contributed by atoms with E-state index in [1.54, 1.807) is 0 Å². The van der Waals surface area contributed by atoms with Crippen molar-refractivity contribution in [3.8, 4) is 0 Å². The third kappa shape index (κ3) is 6.60. The Bertz CT molecular complexity index is 363. The minimum atomic E-state index is 0.796. The van der Waals surface area contributed by atoms with Gasteiger partial charge >= 0.3 is 0 Å². The molecule has 1 N–H and O–H groups in total. The highest BCUT2D eigenvalue weighted by Crippen LogP contribution is 2.15. The van der Waals surface area contributed by atoms with Crippen LogP contribution in [0.2, 0.25) is 0 Å². The number of hydrogen-bond acceptors (Lipinski definition) is 3. The van der Waals surface area contributed by atoms with Gasteiger partial charge < -0.3 is 20.0 Å². The number of likely N-dealkylation sites (tertiary alicyclic amines) is 1. The third-order valence-corrected chi connectivity index (χ3v) is 5.35. The number of aliphatic imine (C=N–C) groups is 1. The summed E-state index contributed by atoms with van der Waals surface area (Å²) in [5.41, 5.74) is 0. The van der Waals surface area contributed by atoms with Gasteiger partial charge in [-0.2, -0.15) is 0 Å². The van der Waals surface area contributed by atoms with Gasteiger partial charge in [0.25, 0.3) is 0 Å². The number of nitrogens with zero attached hydrogens (tertiary/aromatic N) is 4. The molecule has 0 radical (unpaired) electrons. The Morgan fingerprint density at radius 3 is 2.46 bits per heavy atom. The van der Waals surface area contributed by atoms with Crippen LogP contribution in [-0.2, 0) is 0 Å². The molecule has 0 aromatic carbocycles. The molecule has 0 spiro atoms. The van der Waals surface area contributed by atoms with Crippen LogP contribution in [-0.4, -0.2) is 86.1 Å². The van der Waals surface area contributed by atoms with Crippen LogP contribution in [0.5, 0.6) is 0 Å². The summed E-state index contributed by atoms with van der Waals surface area (Å²) in [5, 5.41) is 3.48. The normalized spacial score (nSPS) is 24.4. The second-order valence-electron chi connectivity index (χ2n) is 7.41. The van der Waals surface area contributed by atoms with Crippen molar-refractivity contribution >= 4 is 5.96 Å². The molecule has 0 amide bonds. The SMILES string of the molecule is CCNC(=NCCCCN1CCN(CC)CC1)N1CCCC(C)C1. The maximum absolute atomic E-state index is 4.88. The first-order chi connectivity index (χ1) is 11.7. The monoisotopic (exact) mass is 337 g/mol. The Morgan fingerprint density at radius 2 is 1.79 bits per heavy atom. The summed E-state index contributed by atoms with van der Waals surface area (Å²) in [6.45, 7) is 18.4. The summed E-state index contributed by atoms with van der Waals surface area (Å²) in [7, 11) is 0. The molecule has 2 heterocycles. The van der Waals surface area contributed by atoms with Crippen molar-refractivity contribution < 1.29 is 0 Å². The zero-order valence-corrected chi connectivity index (χ0v) is 16.3. The van der Waals surface area contributed by atoms with Gasteiger partial charge in [0.1, 0.15) is 0 Å².